The van der Waals surface area contributed by atoms with Crippen molar-refractivity contribution in [3.63, 3.8) is 0 Å². The first-order chi connectivity index (χ1) is 16.0. The largest absolute Gasteiger partial charge is 0.465 e. The zero-order valence-corrected chi connectivity index (χ0v) is 20.9. The lowest BCUT2D eigenvalue weighted by atomic mass is 10.4. The van der Waals surface area contributed by atoms with Gasteiger partial charge in [0, 0.05) is 0 Å². The maximum absolute atomic E-state index is 13.6. The second-order valence-electron chi connectivity index (χ2n) is 7.59. The lowest BCUT2D eigenvalue weighted by molar-refractivity contribution is -0.145. The Morgan fingerprint density at radius 1 is 1.06 bits per heavy atom. The Morgan fingerprint density at radius 3 is 2.15 bits per heavy atom. The van der Waals surface area contributed by atoms with E-state index in [2.05, 4.69) is 25.1 Å². The predicted molar refractivity (Wildman–Crippen MR) is 126 cm³/mol. The molecule has 15 heteroatoms. The number of hydrogen-bond acceptors (Lipinski definition) is 11. The molecule has 0 aliphatic heterocycles. The fourth-order valence-electron chi connectivity index (χ4n) is 3.06. The van der Waals surface area contributed by atoms with Crippen LogP contribution in [0.5, 0.6) is 0 Å². The number of hydrogen-bond donors (Lipinski definition) is 4. The molecule has 0 fully saturated rings. The number of esters is 2. The molecule has 0 aliphatic rings. The number of fused-ring (bicyclic) bond motifs is 1. The van der Waals surface area contributed by atoms with E-state index in [1.165, 1.54) is 20.2 Å². The lowest BCUT2D eigenvalue weighted by Gasteiger charge is -2.27. The van der Waals surface area contributed by atoms with Gasteiger partial charge in [0.15, 0.2) is 11.5 Å². The molecule has 0 bridgehead atoms. The smallest absolute Gasteiger partial charge is 0.323 e. The number of nitrogens with zero attached hydrogens (tertiary/aromatic N) is 4. The van der Waals surface area contributed by atoms with E-state index in [-0.39, 0.29) is 37.9 Å². The van der Waals surface area contributed by atoms with Crippen molar-refractivity contribution in [3.8, 4) is 0 Å². The fraction of sp³-hybridized carbons (Fsp3) is 0.632. The summed E-state index contributed by atoms with van der Waals surface area (Å²) in [5.74, 6) is -0.991. The number of aromatic nitrogens is 4. The zero-order chi connectivity index (χ0) is 25.5. The minimum atomic E-state index is -3.61. The number of carbonyl (C=O) groups is 2. The Labute approximate surface area is 197 Å². The summed E-state index contributed by atoms with van der Waals surface area (Å²) in [4.78, 5) is 36.4. The van der Waals surface area contributed by atoms with Crippen LogP contribution in [-0.2, 0) is 34.9 Å². The van der Waals surface area contributed by atoms with Gasteiger partial charge >= 0.3 is 11.9 Å². The number of anilines is 2. The van der Waals surface area contributed by atoms with Crippen LogP contribution in [0.1, 0.15) is 34.6 Å². The number of imidazole rings is 1. The molecule has 0 saturated heterocycles. The number of nitrogens with one attached hydrogen (secondary N) is 2. The number of rotatable bonds is 13. The second kappa shape index (κ2) is 12.1. The first-order valence-electron chi connectivity index (χ1n) is 10.8. The Kier molecular flexibility index (Phi) is 9.74. The fourth-order valence-corrected chi connectivity index (χ4v) is 5.21. The molecule has 0 radical (unpaired) electrons. The van der Waals surface area contributed by atoms with Crippen LogP contribution in [-0.4, -0.2) is 69.2 Å². The summed E-state index contributed by atoms with van der Waals surface area (Å²) in [6, 6.07) is -1.82. The van der Waals surface area contributed by atoms with Gasteiger partial charge in [-0.05, 0) is 34.6 Å². The van der Waals surface area contributed by atoms with Crippen LogP contribution >= 0.6 is 7.44 Å². The topological polar surface area (TPSA) is 199 Å². The van der Waals surface area contributed by atoms with Gasteiger partial charge in [-0.3, -0.25) is 14.2 Å². The first-order valence-corrected chi connectivity index (χ1v) is 12.7. The van der Waals surface area contributed by atoms with Crippen LogP contribution in [0.4, 0.5) is 11.8 Å². The van der Waals surface area contributed by atoms with Gasteiger partial charge in [0.05, 0.1) is 32.2 Å². The van der Waals surface area contributed by atoms with Gasteiger partial charge in [0.2, 0.25) is 13.4 Å². The summed E-state index contributed by atoms with van der Waals surface area (Å²) in [7, 11) is -3.61. The number of ether oxygens (including phenoxy) is 3. The van der Waals surface area contributed by atoms with E-state index in [1.54, 1.807) is 25.3 Å². The van der Waals surface area contributed by atoms with Crippen LogP contribution < -0.4 is 21.6 Å². The summed E-state index contributed by atoms with van der Waals surface area (Å²) in [5.41, 5.74) is 12.4. The van der Waals surface area contributed by atoms with Gasteiger partial charge < -0.3 is 30.2 Å². The molecule has 6 N–H and O–H groups in total. The molecule has 190 valence electrons. The highest BCUT2D eigenvalue weighted by Crippen LogP contribution is 2.38. The van der Waals surface area contributed by atoms with Gasteiger partial charge in [-0.15, -0.1) is 0 Å². The van der Waals surface area contributed by atoms with Crippen molar-refractivity contribution in [2.24, 2.45) is 0 Å². The molecule has 0 unspecified atom stereocenters. The minimum absolute atomic E-state index is 0.0131. The monoisotopic (exact) mass is 500 g/mol. The van der Waals surface area contributed by atoms with Crippen LogP contribution in [0.3, 0.4) is 0 Å². The second-order valence-corrected chi connectivity index (χ2v) is 9.84. The minimum Gasteiger partial charge on any atom is -0.465 e. The van der Waals surface area contributed by atoms with E-state index in [1.807, 2.05) is 0 Å². The molecule has 0 amide bonds. The molecule has 2 aromatic rings. The summed E-state index contributed by atoms with van der Waals surface area (Å²) in [6.07, 6.45) is 0.729. The maximum Gasteiger partial charge on any atom is 0.323 e. The van der Waals surface area contributed by atoms with E-state index in [0.717, 1.165) is 0 Å². The molecule has 2 aromatic heterocycles. The van der Waals surface area contributed by atoms with E-state index in [9.17, 15) is 14.2 Å². The number of nitrogens with two attached hydrogens (primary N) is 2. The Morgan fingerprint density at radius 2 is 1.62 bits per heavy atom. The van der Waals surface area contributed by atoms with Gasteiger partial charge in [-0.1, -0.05) is 0 Å². The van der Waals surface area contributed by atoms with E-state index in [4.69, 9.17) is 25.7 Å². The molecular weight excluding hydrogens is 467 g/mol. The van der Waals surface area contributed by atoms with E-state index < -0.39 is 37.6 Å². The van der Waals surface area contributed by atoms with Gasteiger partial charge in [0.25, 0.3) is 0 Å². The Balaban J connectivity index is 2.13. The number of carbonyl (C=O) groups excluding carboxylic acids is 2. The summed E-state index contributed by atoms with van der Waals surface area (Å²) < 4.78 is 31.1. The standard InChI is InChI=1S/C19H33N8O6P/c1-6-31-17(28)12(4)25-34(30,26-13(5)18(29)32-7-2)10-33-11(3)8-27-9-22-14-15(20)23-19(21)24-16(14)27/h9,11-13H,6-8,10H2,1-5H3,(H2,25,26,30)(H4,20,21,23,24)/t11-,12+,13+/m1/s1. The van der Waals surface area contributed by atoms with Crippen LogP contribution in [0, 0.1) is 0 Å². The first kappa shape index (κ1) is 27.4. The molecule has 2 heterocycles. The van der Waals surface area contributed by atoms with Gasteiger partial charge in [-0.25, -0.2) is 15.2 Å². The van der Waals surface area contributed by atoms with E-state index in [0.29, 0.717) is 11.2 Å². The van der Waals surface area contributed by atoms with Crippen LogP contribution in [0.2, 0.25) is 0 Å². The molecule has 3 atom stereocenters. The third-order valence-electron chi connectivity index (χ3n) is 4.59. The van der Waals surface area contributed by atoms with Crippen molar-refractivity contribution in [2.45, 2.75) is 59.4 Å². The summed E-state index contributed by atoms with van der Waals surface area (Å²) in [6.45, 7) is 8.75. The normalized spacial score (nSPS) is 14.5. The van der Waals surface area contributed by atoms with Crippen molar-refractivity contribution in [3.05, 3.63) is 6.33 Å². The van der Waals surface area contributed by atoms with Gasteiger partial charge in [0.1, 0.15) is 23.9 Å². The molecule has 0 aliphatic carbocycles. The molecule has 34 heavy (non-hydrogen) atoms. The van der Waals surface area contributed by atoms with Crippen molar-refractivity contribution in [2.75, 3.05) is 31.0 Å². The Hall–Kier alpha value is -2.80. The SMILES string of the molecule is CCOC(=O)[C@H](C)NP(=O)(CO[C@H](C)Cn1cnc2c(N)nc(N)nc21)N[C@@H](C)C(=O)OCC. The van der Waals surface area contributed by atoms with Gasteiger partial charge in [-0.2, -0.15) is 9.97 Å². The molecule has 2 rings (SSSR count). The van der Waals surface area contributed by atoms with Crippen molar-refractivity contribution in [1.29, 1.82) is 0 Å². The average Bonchev–Trinajstić information content (AvgIpc) is 3.15. The van der Waals surface area contributed by atoms with Crippen molar-refractivity contribution < 1.29 is 28.4 Å². The summed E-state index contributed by atoms with van der Waals surface area (Å²) in [5, 5.41) is 5.46. The highest BCUT2D eigenvalue weighted by molar-refractivity contribution is 7.59. The average molecular weight is 500 g/mol. The third-order valence-corrected chi connectivity index (χ3v) is 6.71. The molecule has 0 saturated carbocycles. The highest BCUT2D eigenvalue weighted by Gasteiger charge is 2.32. The molecule has 14 nitrogen and oxygen atoms in total. The van der Waals surface area contributed by atoms with E-state index >= 15 is 0 Å². The molecule has 0 spiro atoms. The van der Waals surface area contributed by atoms with Crippen LogP contribution in [0.15, 0.2) is 6.33 Å². The summed E-state index contributed by atoms with van der Waals surface area (Å²) >= 11 is 0. The predicted octanol–water partition coefficient (Wildman–Crippen LogP) is 0.629. The highest BCUT2D eigenvalue weighted by atomic mass is 31.2. The lowest BCUT2D eigenvalue weighted by Crippen LogP contribution is -2.43. The van der Waals surface area contributed by atoms with Crippen molar-refractivity contribution in [1.82, 2.24) is 29.7 Å². The van der Waals surface area contributed by atoms with Crippen LogP contribution in [0.25, 0.3) is 11.2 Å². The zero-order valence-electron chi connectivity index (χ0n) is 20.0. The third kappa shape index (κ3) is 7.35. The molecular formula is C19H33N8O6P. The molecule has 0 aromatic carbocycles. The Bertz CT molecular complexity index is 1020. The quantitative estimate of drug-likeness (QED) is 0.221. The maximum atomic E-state index is 13.6. The number of nitrogen functional groups attached to an aromatic ring is 2. The van der Waals surface area contributed by atoms with Crippen molar-refractivity contribution >= 4 is 42.3 Å².